The summed E-state index contributed by atoms with van der Waals surface area (Å²) in [6.07, 6.45) is 1.29. The summed E-state index contributed by atoms with van der Waals surface area (Å²) in [6.45, 7) is 1.71. The maximum atomic E-state index is 15.1. The number of hydrogen-bond donors (Lipinski definition) is 2. The van der Waals surface area contributed by atoms with Crippen molar-refractivity contribution in [3.63, 3.8) is 0 Å². The second kappa shape index (κ2) is 9.45. The Hall–Kier alpha value is -5.32. The molecule has 11 heteroatoms. The van der Waals surface area contributed by atoms with Crippen LogP contribution in [0.25, 0.3) is 44.4 Å². The second-order valence-electron chi connectivity index (χ2n) is 9.15. The van der Waals surface area contributed by atoms with Crippen molar-refractivity contribution < 1.29 is 17.9 Å². The molecule has 0 radical (unpaired) electrons. The van der Waals surface area contributed by atoms with Gasteiger partial charge in [0.05, 0.1) is 23.7 Å². The lowest BCUT2D eigenvalue weighted by Crippen LogP contribution is -2.17. The molecule has 3 heterocycles. The van der Waals surface area contributed by atoms with E-state index < -0.39 is 23.1 Å². The zero-order valence-electron chi connectivity index (χ0n) is 21.4. The molecule has 0 spiro atoms. The smallest absolute Gasteiger partial charge is 0.203 e. The number of anilines is 2. The second-order valence-corrected chi connectivity index (χ2v) is 9.15. The minimum Gasteiger partial charge on any atom is -0.495 e. The average molecular weight is 541 g/mol. The van der Waals surface area contributed by atoms with Gasteiger partial charge in [-0.05, 0) is 43.3 Å². The lowest BCUT2D eigenvalue weighted by molar-refractivity contribution is 0.417. The topological polar surface area (TPSA) is 135 Å². The number of aromatic nitrogens is 4. The summed E-state index contributed by atoms with van der Waals surface area (Å²) in [7, 11) is 1.51. The van der Waals surface area contributed by atoms with Crippen molar-refractivity contribution in [2.45, 2.75) is 13.0 Å². The summed E-state index contributed by atoms with van der Waals surface area (Å²) in [5.41, 5.74) is 13.3. The highest BCUT2D eigenvalue weighted by Crippen LogP contribution is 2.38. The first-order valence-electron chi connectivity index (χ1n) is 12.2. The van der Waals surface area contributed by atoms with Crippen molar-refractivity contribution in [2.75, 3.05) is 18.6 Å². The number of fused-ring (bicyclic) bond motifs is 2. The van der Waals surface area contributed by atoms with Crippen LogP contribution < -0.4 is 21.6 Å². The van der Waals surface area contributed by atoms with Gasteiger partial charge in [-0.25, -0.2) is 23.4 Å². The molecule has 0 fully saturated rings. The maximum absolute atomic E-state index is 15.1. The van der Waals surface area contributed by atoms with Crippen LogP contribution in [-0.2, 0) is 0 Å². The first kappa shape index (κ1) is 25.0. The fraction of sp³-hybridized carbons (Fsp3) is 0.103. The van der Waals surface area contributed by atoms with Crippen molar-refractivity contribution in [1.82, 2.24) is 19.7 Å². The van der Waals surface area contributed by atoms with Gasteiger partial charge in [-0.3, -0.25) is 4.79 Å². The highest BCUT2D eigenvalue weighted by atomic mass is 19.1. The van der Waals surface area contributed by atoms with E-state index in [2.05, 4.69) is 9.97 Å². The lowest BCUT2D eigenvalue weighted by atomic mass is 9.98. The molecule has 0 amide bonds. The van der Waals surface area contributed by atoms with Gasteiger partial charge < -0.3 is 20.6 Å². The quantitative estimate of drug-likeness (QED) is 0.280. The SMILES string of the molecule is COc1ccc(-c2nn(C(C)c3oc4cccc(F)c4c(=O)c3-c3ccccc3F)c3ncnc(N)c23)cc1N. The molecule has 40 heavy (non-hydrogen) atoms. The Kier molecular flexibility index (Phi) is 5.91. The number of rotatable bonds is 5. The predicted octanol–water partition coefficient (Wildman–Crippen LogP) is 5.33. The van der Waals surface area contributed by atoms with Crippen molar-refractivity contribution >= 4 is 33.5 Å². The van der Waals surface area contributed by atoms with Crippen molar-refractivity contribution in [1.29, 1.82) is 0 Å². The van der Waals surface area contributed by atoms with Crippen LogP contribution in [0.5, 0.6) is 5.75 Å². The van der Waals surface area contributed by atoms with Crippen LogP contribution in [0.2, 0.25) is 0 Å². The lowest BCUT2D eigenvalue weighted by Gasteiger charge is -2.17. The molecule has 3 aromatic heterocycles. The van der Waals surface area contributed by atoms with E-state index in [0.717, 1.165) is 6.07 Å². The molecule has 9 nitrogen and oxygen atoms in total. The molecule has 6 rings (SSSR count). The molecule has 200 valence electrons. The third-order valence-corrected chi connectivity index (χ3v) is 6.81. The Morgan fingerprint density at radius 1 is 0.975 bits per heavy atom. The molecule has 0 saturated carbocycles. The van der Waals surface area contributed by atoms with Gasteiger partial charge in [0.15, 0.2) is 5.65 Å². The van der Waals surface area contributed by atoms with Gasteiger partial charge in [0.2, 0.25) is 5.43 Å². The minimum atomic E-state index is -0.823. The number of nitrogens with two attached hydrogens (primary N) is 2. The number of nitrogens with zero attached hydrogens (tertiary/aromatic N) is 4. The third kappa shape index (κ3) is 3.82. The van der Waals surface area contributed by atoms with E-state index in [1.165, 1.54) is 48.5 Å². The number of ether oxygens (including phenoxy) is 1. The van der Waals surface area contributed by atoms with E-state index >= 15 is 4.39 Å². The van der Waals surface area contributed by atoms with Gasteiger partial charge in [-0.15, -0.1) is 0 Å². The van der Waals surface area contributed by atoms with Gasteiger partial charge in [0.1, 0.15) is 58.0 Å². The Morgan fingerprint density at radius 3 is 2.50 bits per heavy atom. The first-order valence-corrected chi connectivity index (χ1v) is 12.2. The Labute approximate surface area is 225 Å². The molecule has 0 saturated heterocycles. The molecule has 1 atom stereocenters. The molecular formula is C29H22F2N6O3. The van der Waals surface area contributed by atoms with Gasteiger partial charge in [-0.2, -0.15) is 5.10 Å². The van der Waals surface area contributed by atoms with Crippen molar-refractivity contribution in [3.8, 4) is 28.1 Å². The Morgan fingerprint density at radius 2 is 1.75 bits per heavy atom. The fourth-order valence-electron chi connectivity index (χ4n) is 4.89. The third-order valence-electron chi connectivity index (χ3n) is 6.81. The summed E-state index contributed by atoms with van der Waals surface area (Å²) >= 11 is 0. The highest BCUT2D eigenvalue weighted by molar-refractivity contribution is 5.99. The van der Waals surface area contributed by atoms with Crippen molar-refractivity contribution in [2.24, 2.45) is 0 Å². The molecule has 3 aromatic carbocycles. The number of hydrogen-bond acceptors (Lipinski definition) is 8. The average Bonchev–Trinajstić information content (AvgIpc) is 3.34. The number of nitrogen functional groups attached to an aromatic ring is 2. The van der Waals surface area contributed by atoms with Crippen LogP contribution in [0.3, 0.4) is 0 Å². The van der Waals surface area contributed by atoms with E-state index in [4.69, 9.17) is 25.7 Å². The van der Waals surface area contributed by atoms with Crippen LogP contribution in [-0.4, -0.2) is 26.9 Å². The summed E-state index contributed by atoms with van der Waals surface area (Å²) in [4.78, 5) is 22.3. The zero-order chi connectivity index (χ0) is 28.1. The van der Waals surface area contributed by atoms with E-state index in [1.807, 2.05) is 0 Å². The van der Waals surface area contributed by atoms with Gasteiger partial charge in [0, 0.05) is 11.1 Å². The monoisotopic (exact) mass is 540 g/mol. The number of methoxy groups -OCH3 is 1. The van der Waals surface area contributed by atoms with Crippen molar-refractivity contribution in [3.05, 3.63) is 94.6 Å². The van der Waals surface area contributed by atoms with Gasteiger partial charge in [0.25, 0.3) is 0 Å². The molecule has 0 aliphatic rings. The van der Waals surface area contributed by atoms with E-state index in [9.17, 15) is 9.18 Å². The molecule has 4 N–H and O–H groups in total. The molecule has 0 aliphatic carbocycles. The Balaban J connectivity index is 1.65. The predicted molar refractivity (Wildman–Crippen MR) is 148 cm³/mol. The Bertz CT molecular complexity index is 2000. The largest absolute Gasteiger partial charge is 0.495 e. The highest BCUT2D eigenvalue weighted by Gasteiger charge is 2.28. The van der Waals surface area contributed by atoms with Gasteiger partial charge >= 0.3 is 0 Å². The van der Waals surface area contributed by atoms with Crippen LogP contribution in [0.4, 0.5) is 20.3 Å². The first-order chi connectivity index (χ1) is 19.3. The molecule has 1 unspecified atom stereocenters. The van der Waals surface area contributed by atoms with E-state index in [1.54, 1.807) is 31.2 Å². The zero-order valence-corrected chi connectivity index (χ0v) is 21.4. The maximum Gasteiger partial charge on any atom is 0.203 e. The van der Waals surface area contributed by atoms with Crippen LogP contribution >= 0.6 is 0 Å². The summed E-state index contributed by atoms with van der Waals surface area (Å²) in [6, 6.07) is 14.1. The fourth-order valence-corrected chi connectivity index (χ4v) is 4.89. The number of halogens is 2. The van der Waals surface area contributed by atoms with E-state index in [-0.39, 0.29) is 33.7 Å². The normalized spacial score (nSPS) is 12.2. The van der Waals surface area contributed by atoms with Crippen LogP contribution in [0.15, 0.2) is 76.2 Å². The standard InChI is InChI=1S/C29H22F2N6O3/c1-14(27-22(16-6-3-4-7-17(16)30)26(38)23-18(31)8-5-9-21(23)40-27)37-29-24(28(33)34-13-35-29)25(36-37)15-10-11-20(39-2)19(32)12-15/h3-14H,32H2,1-2H3,(H2,33,34,35). The number of benzene rings is 3. The van der Waals surface area contributed by atoms with E-state index in [0.29, 0.717) is 33.7 Å². The minimum absolute atomic E-state index is 0.0145. The molecular weight excluding hydrogens is 518 g/mol. The van der Waals surface area contributed by atoms with Gasteiger partial charge in [-0.1, -0.05) is 24.3 Å². The summed E-state index contributed by atoms with van der Waals surface area (Å²) in [5, 5.41) is 4.96. The summed E-state index contributed by atoms with van der Waals surface area (Å²) in [5.74, 6) is -0.706. The molecule has 6 aromatic rings. The molecule has 0 aliphatic heterocycles. The van der Waals surface area contributed by atoms with Crippen LogP contribution in [0, 0.1) is 11.6 Å². The van der Waals surface area contributed by atoms with Crippen LogP contribution in [0.1, 0.15) is 18.7 Å². The molecule has 0 bridgehead atoms. The summed E-state index contributed by atoms with van der Waals surface area (Å²) < 4.78 is 42.8.